The van der Waals surface area contributed by atoms with Crippen LogP contribution in [-0.2, 0) is 0 Å². The highest BCUT2D eigenvalue weighted by atomic mass is 32.1. The van der Waals surface area contributed by atoms with Crippen molar-refractivity contribution in [1.29, 1.82) is 0 Å². The molecule has 0 saturated heterocycles. The number of aryl methyl sites for hydroxylation is 1. The minimum Gasteiger partial charge on any atom is -0.288 e. The van der Waals surface area contributed by atoms with Crippen LogP contribution in [0.1, 0.15) is 31.4 Å². The molecule has 1 heterocycles. The molecule has 0 saturated carbocycles. The molecule has 2 aromatic rings. The van der Waals surface area contributed by atoms with E-state index in [1.165, 1.54) is 11.3 Å². The number of fused-ring (bicyclic) bond motifs is 1. The number of carbonyl (C=O) groups is 2. The van der Waals surface area contributed by atoms with E-state index in [1.807, 2.05) is 12.3 Å². The number of nitrogens with zero attached hydrogens (tertiary/aromatic N) is 1. The maximum absolute atomic E-state index is 12.1. The van der Waals surface area contributed by atoms with E-state index in [0.29, 0.717) is 16.8 Å². The van der Waals surface area contributed by atoms with E-state index in [1.54, 1.807) is 30.3 Å². The highest BCUT2D eigenvalue weighted by Crippen LogP contribution is 2.27. The number of aromatic nitrogens is 1. The van der Waals surface area contributed by atoms with Crippen LogP contribution in [0.25, 0.3) is 6.08 Å². The Balaban J connectivity index is 2.10. The summed E-state index contributed by atoms with van der Waals surface area (Å²) in [7, 11) is 0. The molecule has 3 nitrogen and oxygen atoms in total. The molecule has 0 fully saturated rings. The fourth-order valence-electron chi connectivity index (χ4n) is 2.00. The molecule has 0 atom stereocenters. The zero-order valence-electron chi connectivity index (χ0n) is 9.64. The first-order chi connectivity index (χ1) is 8.66. The predicted octanol–water partition coefficient (Wildman–Crippen LogP) is 2.91. The van der Waals surface area contributed by atoms with Crippen molar-refractivity contribution in [1.82, 2.24) is 4.98 Å². The maximum Gasteiger partial charge on any atom is 0.197 e. The SMILES string of the molecule is Cc1nc(C=C2C(=O)c3ccccc3C2=O)cs1. The Morgan fingerprint density at radius 3 is 2.22 bits per heavy atom. The third kappa shape index (κ3) is 1.62. The minimum atomic E-state index is -0.207. The van der Waals surface area contributed by atoms with Crippen LogP contribution in [-0.4, -0.2) is 16.6 Å². The molecule has 1 aromatic carbocycles. The molecule has 4 heteroatoms. The molecule has 0 N–H and O–H groups in total. The Hall–Kier alpha value is -2.07. The number of rotatable bonds is 1. The van der Waals surface area contributed by atoms with Crippen molar-refractivity contribution in [3.63, 3.8) is 0 Å². The topological polar surface area (TPSA) is 47.0 Å². The summed E-state index contributed by atoms with van der Waals surface area (Å²) in [6.07, 6.45) is 1.58. The lowest BCUT2D eigenvalue weighted by Crippen LogP contribution is -2.00. The summed E-state index contributed by atoms with van der Waals surface area (Å²) < 4.78 is 0. The number of benzene rings is 1. The van der Waals surface area contributed by atoms with Gasteiger partial charge in [0, 0.05) is 16.5 Å². The first-order valence-corrected chi connectivity index (χ1v) is 6.37. The zero-order valence-corrected chi connectivity index (χ0v) is 10.5. The van der Waals surface area contributed by atoms with E-state index in [0.717, 1.165) is 5.01 Å². The summed E-state index contributed by atoms with van der Waals surface area (Å²) in [6.45, 7) is 1.89. The molecular formula is C14H9NO2S. The van der Waals surface area contributed by atoms with E-state index in [4.69, 9.17) is 0 Å². The van der Waals surface area contributed by atoms with Gasteiger partial charge in [-0.15, -0.1) is 11.3 Å². The second-order valence-electron chi connectivity index (χ2n) is 4.05. The van der Waals surface area contributed by atoms with Crippen molar-refractivity contribution in [2.24, 2.45) is 0 Å². The Bertz CT molecular complexity index is 660. The first kappa shape index (κ1) is 11.0. The maximum atomic E-state index is 12.1. The van der Waals surface area contributed by atoms with Crippen LogP contribution in [0.5, 0.6) is 0 Å². The van der Waals surface area contributed by atoms with Gasteiger partial charge in [-0.05, 0) is 13.0 Å². The van der Waals surface area contributed by atoms with Crippen LogP contribution in [0, 0.1) is 6.92 Å². The summed E-state index contributed by atoms with van der Waals surface area (Å²) in [6, 6.07) is 6.89. The number of hydrogen-bond acceptors (Lipinski definition) is 4. The summed E-state index contributed by atoms with van der Waals surface area (Å²) in [5.41, 5.74) is 1.85. The van der Waals surface area contributed by atoms with Gasteiger partial charge in [0.05, 0.1) is 16.3 Å². The third-order valence-corrected chi connectivity index (χ3v) is 3.63. The minimum absolute atomic E-state index is 0.207. The molecule has 0 unspecified atom stereocenters. The van der Waals surface area contributed by atoms with E-state index < -0.39 is 0 Å². The van der Waals surface area contributed by atoms with Crippen molar-refractivity contribution in [2.45, 2.75) is 6.92 Å². The number of Topliss-reactive ketones (excluding diaryl/α,β-unsaturated/α-hetero) is 2. The summed E-state index contributed by atoms with van der Waals surface area (Å²) in [5, 5.41) is 2.75. The lowest BCUT2D eigenvalue weighted by atomic mass is 10.1. The Kier molecular flexibility index (Phi) is 2.45. The van der Waals surface area contributed by atoms with Gasteiger partial charge in [-0.25, -0.2) is 4.98 Å². The summed E-state index contributed by atoms with van der Waals surface area (Å²) in [5.74, 6) is -0.414. The van der Waals surface area contributed by atoms with Gasteiger partial charge in [-0.3, -0.25) is 9.59 Å². The van der Waals surface area contributed by atoms with Crippen molar-refractivity contribution < 1.29 is 9.59 Å². The molecule has 0 spiro atoms. The van der Waals surface area contributed by atoms with Crippen LogP contribution in [0.3, 0.4) is 0 Å². The number of thiazole rings is 1. The van der Waals surface area contributed by atoms with Gasteiger partial charge in [-0.2, -0.15) is 0 Å². The van der Waals surface area contributed by atoms with Crippen molar-refractivity contribution in [3.05, 3.63) is 57.0 Å². The first-order valence-electron chi connectivity index (χ1n) is 5.49. The molecular weight excluding hydrogens is 246 g/mol. The van der Waals surface area contributed by atoms with E-state index in [-0.39, 0.29) is 17.1 Å². The lowest BCUT2D eigenvalue weighted by molar-refractivity contribution is 0.0990. The van der Waals surface area contributed by atoms with E-state index in [9.17, 15) is 9.59 Å². The summed E-state index contributed by atoms with van der Waals surface area (Å²) >= 11 is 1.50. The van der Waals surface area contributed by atoms with Gasteiger partial charge < -0.3 is 0 Å². The van der Waals surface area contributed by atoms with Gasteiger partial charge in [-0.1, -0.05) is 24.3 Å². The highest BCUT2D eigenvalue weighted by Gasteiger charge is 2.32. The Labute approximate surface area is 108 Å². The number of carbonyl (C=O) groups excluding carboxylic acids is 2. The van der Waals surface area contributed by atoms with Crippen molar-refractivity contribution >= 4 is 29.0 Å². The molecule has 1 aromatic heterocycles. The molecule has 1 aliphatic carbocycles. The Morgan fingerprint density at radius 1 is 1.11 bits per heavy atom. The van der Waals surface area contributed by atoms with Crippen molar-refractivity contribution in [2.75, 3.05) is 0 Å². The molecule has 0 amide bonds. The average molecular weight is 255 g/mol. The standard InChI is InChI=1S/C14H9NO2S/c1-8-15-9(7-18-8)6-12-13(16)10-4-2-3-5-11(10)14(12)17/h2-7H,1H3. The van der Waals surface area contributed by atoms with Crippen LogP contribution in [0.15, 0.2) is 35.2 Å². The van der Waals surface area contributed by atoms with Crippen LogP contribution >= 0.6 is 11.3 Å². The van der Waals surface area contributed by atoms with Gasteiger partial charge in [0.25, 0.3) is 0 Å². The average Bonchev–Trinajstić information content (AvgIpc) is 2.88. The monoisotopic (exact) mass is 255 g/mol. The zero-order chi connectivity index (χ0) is 12.7. The number of allylic oxidation sites excluding steroid dienone is 1. The lowest BCUT2D eigenvalue weighted by Gasteiger charge is -1.91. The molecule has 0 bridgehead atoms. The van der Waals surface area contributed by atoms with Gasteiger partial charge >= 0.3 is 0 Å². The van der Waals surface area contributed by atoms with Crippen LogP contribution in [0.4, 0.5) is 0 Å². The fourth-order valence-corrected chi connectivity index (χ4v) is 2.57. The number of hydrogen-bond donors (Lipinski definition) is 0. The van der Waals surface area contributed by atoms with Gasteiger partial charge in [0.2, 0.25) is 0 Å². The van der Waals surface area contributed by atoms with Gasteiger partial charge in [0.1, 0.15) is 0 Å². The van der Waals surface area contributed by atoms with Crippen molar-refractivity contribution in [3.8, 4) is 0 Å². The van der Waals surface area contributed by atoms with Crippen LogP contribution in [0.2, 0.25) is 0 Å². The smallest absolute Gasteiger partial charge is 0.197 e. The quantitative estimate of drug-likeness (QED) is 0.581. The Morgan fingerprint density at radius 2 is 1.72 bits per heavy atom. The molecule has 1 aliphatic rings. The van der Waals surface area contributed by atoms with E-state index >= 15 is 0 Å². The highest BCUT2D eigenvalue weighted by molar-refractivity contribution is 7.09. The number of ketones is 2. The molecule has 3 rings (SSSR count). The largest absolute Gasteiger partial charge is 0.288 e. The van der Waals surface area contributed by atoms with E-state index in [2.05, 4.69) is 4.98 Å². The third-order valence-electron chi connectivity index (χ3n) is 2.83. The van der Waals surface area contributed by atoms with Crippen LogP contribution < -0.4 is 0 Å². The molecule has 88 valence electrons. The second kappa shape index (κ2) is 3.99. The second-order valence-corrected chi connectivity index (χ2v) is 5.12. The normalized spacial score (nSPS) is 13.9. The van der Waals surface area contributed by atoms with Gasteiger partial charge in [0.15, 0.2) is 11.6 Å². The molecule has 0 radical (unpaired) electrons. The summed E-state index contributed by atoms with van der Waals surface area (Å²) in [4.78, 5) is 28.5. The molecule has 0 aliphatic heterocycles. The fraction of sp³-hybridized carbons (Fsp3) is 0.0714. The molecule has 18 heavy (non-hydrogen) atoms. The predicted molar refractivity (Wildman–Crippen MR) is 69.9 cm³/mol.